The van der Waals surface area contributed by atoms with Crippen LogP contribution in [-0.4, -0.2) is 24.0 Å². The number of hydrogen-bond acceptors (Lipinski definition) is 4. The van der Waals surface area contributed by atoms with E-state index in [1.165, 1.54) is 0 Å². The van der Waals surface area contributed by atoms with Crippen molar-refractivity contribution in [2.24, 2.45) is 0 Å². The van der Waals surface area contributed by atoms with Crippen LogP contribution in [0.3, 0.4) is 0 Å². The Bertz CT molecular complexity index is 677. The van der Waals surface area contributed by atoms with Crippen molar-refractivity contribution in [1.82, 2.24) is 10.3 Å². The molecule has 5 heteroatoms. The minimum absolute atomic E-state index is 0.0687. The molecule has 0 saturated carbocycles. The number of carbonyl (C=O) groups is 1. The lowest BCUT2D eigenvalue weighted by Gasteiger charge is -2.08. The van der Waals surface area contributed by atoms with Gasteiger partial charge in [0.2, 0.25) is 0 Å². The van der Waals surface area contributed by atoms with Gasteiger partial charge in [-0.25, -0.2) is 4.98 Å². The quantitative estimate of drug-likeness (QED) is 0.802. The molecular formula is C17H18N4O. The molecule has 1 aromatic heterocycles. The summed E-state index contributed by atoms with van der Waals surface area (Å²) in [4.78, 5) is 16.0. The van der Waals surface area contributed by atoms with E-state index < -0.39 is 0 Å². The molecule has 2 rings (SSSR count). The second kappa shape index (κ2) is 7.79. The summed E-state index contributed by atoms with van der Waals surface area (Å²) >= 11 is 0. The first kappa shape index (κ1) is 15.5. The largest absolute Gasteiger partial charge is 0.370 e. The Hall–Kier alpha value is -2.87. The molecule has 0 atom stereocenters. The summed E-state index contributed by atoms with van der Waals surface area (Å²) in [6, 6.07) is 14.9. The average Bonchev–Trinajstić information content (AvgIpc) is 2.56. The zero-order valence-electron chi connectivity index (χ0n) is 12.5. The number of hydrogen-bond donors (Lipinski definition) is 2. The standard InChI is InChI=1S/C17H18N4O/c1-13-8-9-16(21-15(13)12-18)19-10-5-11-20-17(22)14-6-3-2-4-7-14/h2-4,6-9H,5,10-11H2,1H3,(H,19,21)(H,20,22). The van der Waals surface area contributed by atoms with Crippen LogP contribution in [0.5, 0.6) is 0 Å². The van der Waals surface area contributed by atoms with Gasteiger partial charge in [0.25, 0.3) is 5.91 Å². The number of pyridine rings is 1. The highest BCUT2D eigenvalue weighted by molar-refractivity contribution is 5.94. The lowest BCUT2D eigenvalue weighted by molar-refractivity contribution is 0.0953. The topological polar surface area (TPSA) is 77.8 Å². The molecule has 2 N–H and O–H groups in total. The third kappa shape index (κ3) is 4.32. The fourth-order valence-electron chi connectivity index (χ4n) is 1.94. The van der Waals surface area contributed by atoms with E-state index in [0.29, 0.717) is 30.2 Å². The number of aryl methyl sites for hydroxylation is 1. The Morgan fingerprint density at radius 3 is 2.68 bits per heavy atom. The average molecular weight is 294 g/mol. The van der Waals surface area contributed by atoms with Gasteiger partial charge < -0.3 is 10.6 Å². The summed E-state index contributed by atoms with van der Waals surface area (Å²) in [6.07, 6.45) is 0.774. The first-order chi connectivity index (χ1) is 10.7. The van der Waals surface area contributed by atoms with Crippen LogP contribution < -0.4 is 10.6 Å². The number of benzene rings is 1. The Kier molecular flexibility index (Phi) is 5.50. The van der Waals surface area contributed by atoms with Crippen LogP contribution >= 0.6 is 0 Å². The molecule has 1 heterocycles. The minimum atomic E-state index is -0.0687. The van der Waals surface area contributed by atoms with Crippen LogP contribution in [0.2, 0.25) is 0 Å². The smallest absolute Gasteiger partial charge is 0.251 e. The van der Waals surface area contributed by atoms with E-state index in [9.17, 15) is 4.79 Å². The van der Waals surface area contributed by atoms with Gasteiger partial charge in [0.15, 0.2) is 0 Å². The van der Waals surface area contributed by atoms with Crippen molar-refractivity contribution in [2.45, 2.75) is 13.3 Å². The SMILES string of the molecule is Cc1ccc(NCCCNC(=O)c2ccccc2)nc1C#N. The van der Waals surface area contributed by atoms with Crippen LogP contribution in [0.15, 0.2) is 42.5 Å². The second-order valence-electron chi connectivity index (χ2n) is 4.88. The predicted octanol–water partition coefficient (Wildman–Crippen LogP) is 2.49. The maximum Gasteiger partial charge on any atom is 0.251 e. The Morgan fingerprint density at radius 1 is 1.18 bits per heavy atom. The van der Waals surface area contributed by atoms with Crippen molar-refractivity contribution < 1.29 is 4.79 Å². The van der Waals surface area contributed by atoms with Gasteiger partial charge in [0, 0.05) is 18.7 Å². The number of aromatic nitrogens is 1. The summed E-state index contributed by atoms with van der Waals surface area (Å²) in [6.45, 7) is 3.11. The lowest BCUT2D eigenvalue weighted by Crippen LogP contribution is -2.25. The molecule has 2 aromatic rings. The van der Waals surface area contributed by atoms with E-state index >= 15 is 0 Å². The zero-order chi connectivity index (χ0) is 15.8. The number of rotatable bonds is 6. The Morgan fingerprint density at radius 2 is 1.95 bits per heavy atom. The predicted molar refractivity (Wildman–Crippen MR) is 85.6 cm³/mol. The van der Waals surface area contributed by atoms with Crippen LogP contribution in [0.1, 0.15) is 28.0 Å². The van der Waals surface area contributed by atoms with Crippen molar-refractivity contribution in [1.29, 1.82) is 5.26 Å². The van der Waals surface area contributed by atoms with Crippen LogP contribution in [-0.2, 0) is 0 Å². The fourth-order valence-corrected chi connectivity index (χ4v) is 1.94. The molecule has 0 saturated heterocycles. The molecule has 22 heavy (non-hydrogen) atoms. The van der Waals surface area contributed by atoms with Gasteiger partial charge in [0.1, 0.15) is 17.6 Å². The summed E-state index contributed by atoms with van der Waals surface area (Å²) in [5.74, 6) is 0.609. The molecule has 5 nitrogen and oxygen atoms in total. The molecule has 1 amide bonds. The monoisotopic (exact) mass is 294 g/mol. The van der Waals surface area contributed by atoms with Gasteiger partial charge in [0.05, 0.1) is 0 Å². The number of nitriles is 1. The number of carbonyl (C=O) groups excluding carboxylic acids is 1. The van der Waals surface area contributed by atoms with E-state index in [2.05, 4.69) is 21.7 Å². The molecule has 0 fully saturated rings. The summed E-state index contributed by atoms with van der Waals surface area (Å²) in [5, 5.41) is 14.9. The van der Waals surface area contributed by atoms with Crippen molar-refractivity contribution >= 4 is 11.7 Å². The molecule has 0 bridgehead atoms. The molecule has 0 unspecified atom stereocenters. The van der Waals surface area contributed by atoms with E-state index in [1.807, 2.05) is 37.3 Å². The third-order valence-corrected chi connectivity index (χ3v) is 3.18. The second-order valence-corrected chi connectivity index (χ2v) is 4.88. The zero-order valence-corrected chi connectivity index (χ0v) is 12.5. The highest BCUT2D eigenvalue weighted by Gasteiger charge is 2.03. The van der Waals surface area contributed by atoms with Crippen molar-refractivity contribution in [2.75, 3.05) is 18.4 Å². The number of nitrogens with one attached hydrogen (secondary N) is 2. The summed E-state index contributed by atoms with van der Waals surface area (Å²) in [7, 11) is 0. The van der Waals surface area contributed by atoms with Crippen molar-refractivity contribution in [3.63, 3.8) is 0 Å². The normalized spacial score (nSPS) is 9.82. The van der Waals surface area contributed by atoms with Gasteiger partial charge >= 0.3 is 0 Å². The first-order valence-corrected chi connectivity index (χ1v) is 7.15. The molecule has 0 aliphatic heterocycles. The molecule has 112 valence electrons. The molecular weight excluding hydrogens is 276 g/mol. The molecule has 0 spiro atoms. The van der Waals surface area contributed by atoms with Gasteiger partial charge in [-0.2, -0.15) is 5.26 Å². The lowest BCUT2D eigenvalue weighted by atomic mass is 10.2. The molecule has 0 radical (unpaired) electrons. The highest BCUT2D eigenvalue weighted by atomic mass is 16.1. The minimum Gasteiger partial charge on any atom is -0.370 e. The number of nitrogens with zero attached hydrogens (tertiary/aromatic N) is 2. The van der Waals surface area contributed by atoms with Crippen molar-refractivity contribution in [3.05, 3.63) is 59.3 Å². The highest BCUT2D eigenvalue weighted by Crippen LogP contribution is 2.09. The van der Waals surface area contributed by atoms with Crippen LogP contribution in [0, 0.1) is 18.3 Å². The van der Waals surface area contributed by atoms with E-state index in [0.717, 1.165) is 12.0 Å². The van der Waals surface area contributed by atoms with Crippen LogP contribution in [0.25, 0.3) is 0 Å². The maximum absolute atomic E-state index is 11.8. The van der Waals surface area contributed by atoms with Gasteiger partial charge in [-0.1, -0.05) is 24.3 Å². The van der Waals surface area contributed by atoms with Gasteiger partial charge in [-0.15, -0.1) is 0 Å². The first-order valence-electron chi connectivity index (χ1n) is 7.15. The Balaban J connectivity index is 1.72. The maximum atomic E-state index is 11.8. The van der Waals surface area contributed by atoms with Crippen molar-refractivity contribution in [3.8, 4) is 6.07 Å². The summed E-state index contributed by atoms with van der Waals surface area (Å²) in [5.41, 5.74) is 1.96. The van der Waals surface area contributed by atoms with Gasteiger partial charge in [-0.05, 0) is 37.1 Å². The van der Waals surface area contributed by atoms with E-state index in [4.69, 9.17) is 5.26 Å². The Labute approximate surface area is 130 Å². The molecule has 1 aromatic carbocycles. The number of anilines is 1. The third-order valence-electron chi connectivity index (χ3n) is 3.18. The van der Waals surface area contributed by atoms with Crippen LogP contribution in [0.4, 0.5) is 5.82 Å². The molecule has 0 aliphatic carbocycles. The van der Waals surface area contributed by atoms with E-state index in [1.54, 1.807) is 12.1 Å². The summed E-state index contributed by atoms with van der Waals surface area (Å²) < 4.78 is 0. The molecule has 0 aliphatic rings. The number of amides is 1. The van der Waals surface area contributed by atoms with E-state index in [-0.39, 0.29) is 5.91 Å². The van der Waals surface area contributed by atoms with Gasteiger partial charge in [-0.3, -0.25) is 4.79 Å². The fraction of sp³-hybridized carbons (Fsp3) is 0.235.